The molecule has 3 nitrogen and oxygen atoms in total. The monoisotopic (exact) mass is 346 g/mol. The van der Waals surface area contributed by atoms with E-state index in [0.717, 1.165) is 18.3 Å². The number of aromatic nitrogens is 1. The molecule has 0 radical (unpaired) electrons. The normalized spacial score (nSPS) is 11.9. The van der Waals surface area contributed by atoms with Crippen LogP contribution in [-0.4, -0.2) is 11.3 Å². The van der Waals surface area contributed by atoms with Crippen molar-refractivity contribution >= 4 is 0 Å². The highest BCUT2D eigenvalue weighted by Crippen LogP contribution is 2.39. The van der Waals surface area contributed by atoms with Crippen molar-refractivity contribution in [2.45, 2.75) is 19.0 Å². The Bertz CT molecular complexity index is 777. The van der Waals surface area contributed by atoms with Crippen LogP contribution >= 0.6 is 0 Å². The van der Waals surface area contributed by atoms with E-state index in [2.05, 4.69) is 9.72 Å². The summed E-state index contributed by atoms with van der Waals surface area (Å²) in [5.41, 5.74) is -2.31. The van der Waals surface area contributed by atoms with E-state index in [1.54, 1.807) is 6.07 Å². The molecule has 0 spiro atoms. The number of hydrogen-bond acceptors (Lipinski definition) is 3. The third-order valence-corrected chi connectivity index (χ3v) is 2.98. The molecule has 2 aromatic rings. The molecule has 24 heavy (non-hydrogen) atoms. The maximum atomic E-state index is 13.1. The Labute approximate surface area is 132 Å². The molecule has 0 unspecified atom stereocenters. The minimum atomic E-state index is -5.02. The number of pyridine rings is 1. The van der Waals surface area contributed by atoms with E-state index in [4.69, 9.17) is 5.26 Å². The maximum absolute atomic E-state index is 13.1. The van der Waals surface area contributed by atoms with Gasteiger partial charge in [-0.05, 0) is 18.2 Å². The smallest absolute Gasteiger partial charge is 0.405 e. The summed E-state index contributed by atoms with van der Waals surface area (Å²) >= 11 is 0. The number of para-hydroxylation sites is 1. The first-order valence-corrected chi connectivity index (χ1v) is 6.40. The van der Waals surface area contributed by atoms with Gasteiger partial charge in [-0.25, -0.2) is 0 Å². The average Bonchev–Trinajstić information content (AvgIpc) is 2.46. The lowest BCUT2D eigenvalue weighted by Gasteiger charge is -2.17. The Morgan fingerprint density at radius 2 is 1.71 bits per heavy atom. The van der Waals surface area contributed by atoms with Crippen molar-refractivity contribution in [3.63, 3.8) is 0 Å². The minimum absolute atomic E-state index is 0.286. The van der Waals surface area contributed by atoms with Gasteiger partial charge in [0.1, 0.15) is 5.75 Å². The number of rotatable bonds is 3. The zero-order valence-corrected chi connectivity index (χ0v) is 11.7. The second-order valence-corrected chi connectivity index (χ2v) is 4.56. The highest BCUT2D eigenvalue weighted by molar-refractivity contribution is 5.71. The fourth-order valence-corrected chi connectivity index (χ4v) is 2.12. The molecule has 0 saturated carbocycles. The number of nitriles is 1. The molecular formula is C15H8F6N2O. The Morgan fingerprint density at radius 1 is 1.04 bits per heavy atom. The standard InChI is InChI=1S/C15H8F6N2O/c16-14(17,18)11-6-8-23-13(9(11)5-7-22)10-3-1-2-4-12(10)24-15(19,20)21/h1-4,6,8H,5H2. The average molecular weight is 346 g/mol. The highest BCUT2D eigenvalue weighted by atomic mass is 19.4. The summed E-state index contributed by atoms with van der Waals surface area (Å²) in [5, 5.41) is 8.78. The predicted octanol–water partition coefficient (Wildman–Crippen LogP) is 4.73. The van der Waals surface area contributed by atoms with Gasteiger partial charge in [-0.2, -0.15) is 18.4 Å². The zero-order chi connectivity index (χ0) is 18.0. The van der Waals surface area contributed by atoms with Crippen molar-refractivity contribution in [1.82, 2.24) is 4.98 Å². The molecule has 1 heterocycles. The Kier molecular flexibility index (Phi) is 4.68. The summed E-state index contributed by atoms with van der Waals surface area (Å²) < 4.78 is 80.6. The largest absolute Gasteiger partial charge is 0.573 e. The number of benzene rings is 1. The fourth-order valence-electron chi connectivity index (χ4n) is 2.12. The van der Waals surface area contributed by atoms with E-state index in [-0.39, 0.29) is 11.3 Å². The van der Waals surface area contributed by atoms with Gasteiger partial charge < -0.3 is 4.74 Å². The lowest BCUT2D eigenvalue weighted by atomic mass is 9.98. The molecule has 0 aliphatic carbocycles. The number of ether oxygens (including phenoxy) is 1. The number of hydrogen-bond donors (Lipinski definition) is 0. The molecule has 0 N–H and O–H groups in total. The molecule has 0 aliphatic rings. The molecule has 126 valence electrons. The van der Waals surface area contributed by atoms with Crippen molar-refractivity contribution in [2.75, 3.05) is 0 Å². The molecular weight excluding hydrogens is 338 g/mol. The van der Waals surface area contributed by atoms with Gasteiger partial charge in [0.05, 0.1) is 23.7 Å². The quantitative estimate of drug-likeness (QED) is 0.755. The van der Waals surface area contributed by atoms with Crippen LogP contribution < -0.4 is 4.74 Å². The second kappa shape index (κ2) is 6.39. The number of alkyl halides is 6. The van der Waals surface area contributed by atoms with E-state index in [9.17, 15) is 26.3 Å². The van der Waals surface area contributed by atoms with Crippen LogP contribution in [0.15, 0.2) is 36.5 Å². The van der Waals surface area contributed by atoms with Gasteiger partial charge in [0.2, 0.25) is 0 Å². The molecule has 0 bridgehead atoms. The van der Waals surface area contributed by atoms with Gasteiger partial charge in [0.15, 0.2) is 0 Å². The number of nitrogens with zero attached hydrogens (tertiary/aromatic N) is 2. The molecule has 9 heteroatoms. The first kappa shape index (κ1) is 17.6. The summed E-state index contributed by atoms with van der Waals surface area (Å²) in [7, 11) is 0. The SMILES string of the molecule is N#CCc1c(C(F)(F)F)ccnc1-c1ccccc1OC(F)(F)F. The van der Waals surface area contributed by atoms with Gasteiger partial charge in [-0.3, -0.25) is 4.98 Å². The fraction of sp³-hybridized carbons (Fsp3) is 0.200. The third kappa shape index (κ3) is 3.95. The number of halogens is 6. The van der Waals surface area contributed by atoms with Crippen LogP contribution in [0.25, 0.3) is 11.3 Å². The van der Waals surface area contributed by atoms with Gasteiger partial charge in [-0.15, -0.1) is 13.2 Å². The van der Waals surface area contributed by atoms with E-state index in [0.29, 0.717) is 6.07 Å². The Balaban J connectivity index is 2.68. The lowest BCUT2D eigenvalue weighted by Crippen LogP contribution is -2.18. The molecule has 0 atom stereocenters. The van der Waals surface area contributed by atoms with Crippen LogP contribution in [0.1, 0.15) is 11.1 Å². The molecule has 1 aromatic heterocycles. The molecule has 0 saturated heterocycles. The Hall–Kier alpha value is -2.76. The van der Waals surface area contributed by atoms with Crippen molar-refractivity contribution in [2.24, 2.45) is 0 Å². The maximum Gasteiger partial charge on any atom is 0.573 e. The second-order valence-electron chi connectivity index (χ2n) is 4.56. The first-order chi connectivity index (χ1) is 11.1. The minimum Gasteiger partial charge on any atom is -0.405 e. The van der Waals surface area contributed by atoms with E-state index in [1.165, 1.54) is 12.1 Å². The van der Waals surface area contributed by atoms with Crippen molar-refractivity contribution in [3.05, 3.63) is 47.7 Å². The summed E-state index contributed by atoms with van der Waals surface area (Å²) in [5.74, 6) is -0.698. The van der Waals surface area contributed by atoms with Gasteiger partial charge in [-0.1, -0.05) is 12.1 Å². The summed E-state index contributed by atoms with van der Waals surface area (Å²) in [6.45, 7) is 0. The van der Waals surface area contributed by atoms with E-state index >= 15 is 0 Å². The van der Waals surface area contributed by atoms with Gasteiger partial charge in [0, 0.05) is 17.3 Å². The van der Waals surface area contributed by atoms with Crippen LogP contribution in [-0.2, 0) is 12.6 Å². The van der Waals surface area contributed by atoms with Crippen LogP contribution in [0.5, 0.6) is 5.75 Å². The van der Waals surface area contributed by atoms with Crippen LogP contribution in [0.3, 0.4) is 0 Å². The topological polar surface area (TPSA) is 45.9 Å². The van der Waals surface area contributed by atoms with Crippen molar-refractivity contribution in [1.29, 1.82) is 5.26 Å². The summed E-state index contributed by atoms with van der Waals surface area (Å²) in [4.78, 5) is 3.73. The summed E-state index contributed by atoms with van der Waals surface area (Å²) in [6, 6.07) is 6.91. The molecule has 1 aromatic carbocycles. The molecule has 0 amide bonds. The molecule has 2 rings (SSSR count). The molecule has 0 aliphatic heterocycles. The molecule has 0 fully saturated rings. The van der Waals surface area contributed by atoms with Crippen LogP contribution in [0, 0.1) is 11.3 Å². The van der Waals surface area contributed by atoms with Crippen LogP contribution in [0.2, 0.25) is 0 Å². The van der Waals surface area contributed by atoms with E-state index in [1.807, 2.05) is 0 Å². The van der Waals surface area contributed by atoms with Crippen molar-refractivity contribution < 1.29 is 31.1 Å². The zero-order valence-electron chi connectivity index (χ0n) is 11.7. The lowest BCUT2D eigenvalue weighted by molar-refractivity contribution is -0.274. The Morgan fingerprint density at radius 3 is 2.29 bits per heavy atom. The van der Waals surface area contributed by atoms with Crippen molar-refractivity contribution in [3.8, 4) is 23.1 Å². The first-order valence-electron chi connectivity index (χ1n) is 6.40. The van der Waals surface area contributed by atoms with E-state index < -0.39 is 35.8 Å². The third-order valence-electron chi connectivity index (χ3n) is 2.98. The van der Waals surface area contributed by atoms with Crippen LogP contribution in [0.4, 0.5) is 26.3 Å². The van der Waals surface area contributed by atoms with Gasteiger partial charge >= 0.3 is 12.5 Å². The summed E-state index contributed by atoms with van der Waals surface area (Å²) in [6.07, 6.45) is -9.64. The highest BCUT2D eigenvalue weighted by Gasteiger charge is 2.36. The van der Waals surface area contributed by atoms with Gasteiger partial charge in [0.25, 0.3) is 0 Å². The predicted molar refractivity (Wildman–Crippen MR) is 70.7 cm³/mol.